The Kier molecular flexibility index (Phi) is 4.75. The second kappa shape index (κ2) is 6.54. The molecular weight excluding hydrogens is 273 g/mol. The Morgan fingerprint density at radius 1 is 1.38 bits per heavy atom. The predicted molar refractivity (Wildman–Crippen MR) is 76.7 cm³/mol. The number of amides is 1. The number of aryl methyl sites for hydroxylation is 2. The first kappa shape index (κ1) is 15.3. The van der Waals surface area contributed by atoms with Crippen LogP contribution in [-0.4, -0.2) is 19.6 Å². The van der Waals surface area contributed by atoms with Gasteiger partial charge in [0.05, 0.1) is 11.7 Å². The third-order valence-electron chi connectivity index (χ3n) is 3.24. The lowest BCUT2D eigenvalue weighted by atomic mass is 10.1. The molecule has 0 radical (unpaired) electrons. The Morgan fingerprint density at radius 3 is 2.71 bits per heavy atom. The third-order valence-corrected chi connectivity index (χ3v) is 3.24. The topological polar surface area (TPSA) is 51.5 Å². The highest BCUT2D eigenvalue weighted by atomic mass is 19.1. The number of hydrogen-bond acceptors (Lipinski definition) is 3. The van der Waals surface area contributed by atoms with E-state index in [1.807, 2.05) is 0 Å². The number of carbonyl (C=O) groups is 1. The molecule has 1 amide bonds. The van der Waals surface area contributed by atoms with E-state index in [0.717, 1.165) is 0 Å². The number of methoxy groups -OCH3 is 1. The zero-order valence-electron chi connectivity index (χ0n) is 12.3. The summed E-state index contributed by atoms with van der Waals surface area (Å²) in [5.41, 5.74) is 1.18. The van der Waals surface area contributed by atoms with Gasteiger partial charge in [-0.1, -0.05) is 12.1 Å². The maximum atomic E-state index is 13.2. The van der Waals surface area contributed by atoms with E-state index in [1.165, 1.54) is 19.2 Å². The first-order valence-electron chi connectivity index (χ1n) is 6.64. The zero-order valence-corrected chi connectivity index (χ0v) is 12.3. The van der Waals surface area contributed by atoms with Gasteiger partial charge >= 0.3 is 0 Å². The van der Waals surface area contributed by atoms with E-state index in [1.54, 1.807) is 32.0 Å². The molecule has 0 bridgehead atoms. The molecular formula is C16H18FNO3. The van der Waals surface area contributed by atoms with Crippen LogP contribution in [0.15, 0.2) is 34.7 Å². The van der Waals surface area contributed by atoms with E-state index in [0.29, 0.717) is 22.6 Å². The largest absolute Gasteiger partial charge is 0.466 e. The van der Waals surface area contributed by atoms with Crippen molar-refractivity contribution in [1.82, 2.24) is 5.32 Å². The Morgan fingerprint density at radius 2 is 2.14 bits per heavy atom. The fraction of sp³-hybridized carbons (Fsp3) is 0.312. The lowest BCUT2D eigenvalue weighted by Crippen LogP contribution is -2.29. The quantitative estimate of drug-likeness (QED) is 0.920. The molecule has 2 rings (SSSR count). The minimum absolute atomic E-state index is 0.234. The second-order valence-electron chi connectivity index (χ2n) is 4.82. The van der Waals surface area contributed by atoms with E-state index >= 15 is 0 Å². The molecule has 0 saturated heterocycles. The molecule has 1 atom stereocenters. The van der Waals surface area contributed by atoms with E-state index < -0.39 is 6.10 Å². The van der Waals surface area contributed by atoms with E-state index in [9.17, 15) is 9.18 Å². The van der Waals surface area contributed by atoms with Gasteiger partial charge in [-0.2, -0.15) is 0 Å². The molecule has 0 fully saturated rings. The molecule has 4 nitrogen and oxygen atoms in total. The van der Waals surface area contributed by atoms with Gasteiger partial charge in [-0.15, -0.1) is 0 Å². The summed E-state index contributed by atoms with van der Waals surface area (Å²) in [5, 5.41) is 2.78. The van der Waals surface area contributed by atoms with Gasteiger partial charge in [0.15, 0.2) is 0 Å². The second-order valence-corrected chi connectivity index (χ2v) is 4.82. The highest BCUT2D eigenvalue weighted by Gasteiger charge is 2.16. The van der Waals surface area contributed by atoms with Gasteiger partial charge in [-0.05, 0) is 37.6 Å². The van der Waals surface area contributed by atoms with Crippen LogP contribution in [0, 0.1) is 19.7 Å². The summed E-state index contributed by atoms with van der Waals surface area (Å²) in [6.45, 7) is 3.78. The van der Waals surface area contributed by atoms with Crippen LogP contribution in [0.25, 0.3) is 0 Å². The average molecular weight is 291 g/mol. The first-order valence-corrected chi connectivity index (χ1v) is 6.64. The van der Waals surface area contributed by atoms with Crippen LogP contribution in [0.4, 0.5) is 4.39 Å². The molecule has 112 valence electrons. The lowest BCUT2D eigenvalue weighted by molar-refractivity contribution is 0.0826. The number of carbonyl (C=O) groups excluding carboxylic acids is 1. The molecule has 0 aliphatic carbocycles. The maximum absolute atomic E-state index is 13.2. The highest BCUT2D eigenvalue weighted by molar-refractivity contribution is 5.95. The van der Waals surface area contributed by atoms with Crippen LogP contribution in [-0.2, 0) is 4.74 Å². The lowest BCUT2D eigenvalue weighted by Gasteiger charge is -2.16. The van der Waals surface area contributed by atoms with E-state index in [4.69, 9.17) is 9.15 Å². The molecule has 1 aromatic heterocycles. The molecule has 21 heavy (non-hydrogen) atoms. The average Bonchev–Trinajstić information content (AvgIpc) is 2.78. The summed E-state index contributed by atoms with van der Waals surface area (Å²) in [6, 6.07) is 7.83. The summed E-state index contributed by atoms with van der Waals surface area (Å²) in [4.78, 5) is 12.1. The fourth-order valence-corrected chi connectivity index (χ4v) is 2.18. The minimum Gasteiger partial charge on any atom is -0.466 e. The van der Waals surface area contributed by atoms with Gasteiger partial charge in [0.2, 0.25) is 0 Å². The SMILES string of the molecule is COC(CNC(=O)c1cc(C)oc1C)c1cccc(F)c1. The molecule has 1 heterocycles. The van der Waals surface area contributed by atoms with Gasteiger partial charge in [-0.3, -0.25) is 4.79 Å². The van der Waals surface area contributed by atoms with Gasteiger partial charge < -0.3 is 14.5 Å². The van der Waals surface area contributed by atoms with Crippen molar-refractivity contribution in [2.45, 2.75) is 20.0 Å². The van der Waals surface area contributed by atoms with Crippen molar-refractivity contribution in [3.05, 3.63) is 58.8 Å². The standard InChI is InChI=1S/C16H18FNO3/c1-10-7-14(11(2)21-10)16(19)18-9-15(20-3)12-5-4-6-13(17)8-12/h4-8,15H,9H2,1-3H3,(H,18,19). The number of furan rings is 1. The normalized spacial score (nSPS) is 12.2. The monoisotopic (exact) mass is 291 g/mol. The van der Waals surface area contributed by atoms with Crippen LogP contribution in [0.5, 0.6) is 0 Å². The van der Waals surface area contributed by atoms with Crippen molar-refractivity contribution in [2.24, 2.45) is 0 Å². The van der Waals surface area contributed by atoms with Gasteiger partial charge in [-0.25, -0.2) is 4.39 Å². The van der Waals surface area contributed by atoms with E-state index in [2.05, 4.69) is 5.32 Å². The Hall–Kier alpha value is -2.14. The maximum Gasteiger partial charge on any atom is 0.254 e. The molecule has 5 heteroatoms. The van der Waals surface area contributed by atoms with Crippen molar-refractivity contribution >= 4 is 5.91 Å². The molecule has 1 unspecified atom stereocenters. The van der Waals surface area contributed by atoms with E-state index in [-0.39, 0.29) is 18.3 Å². The number of benzene rings is 1. The zero-order chi connectivity index (χ0) is 15.4. The van der Waals surface area contributed by atoms with Crippen molar-refractivity contribution in [1.29, 1.82) is 0 Å². The number of nitrogens with one attached hydrogen (secondary N) is 1. The predicted octanol–water partition coefficient (Wildman–Crippen LogP) is 3.15. The molecule has 0 spiro atoms. The summed E-state index contributed by atoms with van der Waals surface area (Å²) in [6.07, 6.45) is -0.405. The van der Waals surface area contributed by atoms with Crippen molar-refractivity contribution in [2.75, 3.05) is 13.7 Å². The third kappa shape index (κ3) is 3.70. The smallest absolute Gasteiger partial charge is 0.254 e. The molecule has 0 aliphatic rings. The first-order chi connectivity index (χ1) is 10.0. The van der Waals surface area contributed by atoms with Crippen LogP contribution >= 0.6 is 0 Å². The van der Waals surface area contributed by atoms with Crippen molar-refractivity contribution in [3.63, 3.8) is 0 Å². The van der Waals surface area contributed by atoms with Gasteiger partial charge in [0, 0.05) is 13.7 Å². The van der Waals surface area contributed by atoms with Crippen molar-refractivity contribution < 1.29 is 18.3 Å². The minimum atomic E-state index is -0.405. The van der Waals surface area contributed by atoms with Crippen LogP contribution in [0.2, 0.25) is 0 Å². The summed E-state index contributed by atoms with van der Waals surface area (Å²) < 4.78 is 23.9. The molecule has 1 aromatic carbocycles. The van der Waals surface area contributed by atoms with Gasteiger partial charge in [0.25, 0.3) is 5.91 Å². The van der Waals surface area contributed by atoms with Crippen LogP contribution in [0.1, 0.15) is 33.5 Å². The van der Waals surface area contributed by atoms with Crippen LogP contribution < -0.4 is 5.32 Å². The Balaban J connectivity index is 2.03. The number of rotatable bonds is 5. The molecule has 1 N–H and O–H groups in total. The highest BCUT2D eigenvalue weighted by Crippen LogP contribution is 2.18. The molecule has 2 aromatic rings. The Labute approximate surface area is 122 Å². The van der Waals surface area contributed by atoms with Crippen LogP contribution in [0.3, 0.4) is 0 Å². The fourth-order valence-electron chi connectivity index (χ4n) is 2.18. The Bertz CT molecular complexity index is 636. The molecule has 0 saturated carbocycles. The molecule has 0 aliphatic heterocycles. The summed E-state index contributed by atoms with van der Waals surface area (Å²) in [7, 11) is 1.52. The van der Waals surface area contributed by atoms with Gasteiger partial charge in [0.1, 0.15) is 17.3 Å². The number of ether oxygens (including phenoxy) is 1. The summed E-state index contributed by atoms with van der Waals surface area (Å²) in [5.74, 6) is 0.695. The van der Waals surface area contributed by atoms with Crippen molar-refractivity contribution in [3.8, 4) is 0 Å². The number of halogens is 1. The number of hydrogen-bond donors (Lipinski definition) is 1. The summed E-state index contributed by atoms with van der Waals surface area (Å²) >= 11 is 0.